The lowest BCUT2D eigenvalue weighted by atomic mass is 10.1. The molecule has 0 aromatic rings. The van der Waals surface area contributed by atoms with Gasteiger partial charge in [0, 0.05) is 19.4 Å². The number of unbranched alkanes of at least 4 members (excludes halogenated alkanes) is 13. The Balaban J connectivity index is 4.27. The molecule has 0 radical (unpaired) electrons. The summed E-state index contributed by atoms with van der Waals surface area (Å²) < 4.78 is 32.8. The number of carbonyl (C=O) groups is 2. The van der Waals surface area contributed by atoms with Crippen molar-refractivity contribution in [1.82, 2.24) is 0 Å². The van der Waals surface area contributed by atoms with E-state index in [9.17, 15) is 19.0 Å². The Morgan fingerprint density at radius 2 is 0.933 bits per heavy atom. The van der Waals surface area contributed by atoms with Gasteiger partial charge in [-0.2, -0.15) is 0 Å². The summed E-state index contributed by atoms with van der Waals surface area (Å²) in [5.41, 5.74) is 5.35. The van der Waals surface area contributed by atoms with Gasteiger partial charge in [-0.05, 0) is 89.9 Å². The number of nitrogens with two attached hydrogens (primary N) is 1. The lowest BCUT2D eigenvalue weighted by Gasteiger charge is -2.19. The standard InChI is InChI=1S/C50H84NO8P/c1-3-5-7-9-11-13-15-17-19-21-22-23-24-25-26-27-29-31-33-35-37-39-41-43-50(53)59-48(47-58-60(54,55)57-45-44-51)46-56-49(52)42-40-38-36-34-32-30-28-20-18-16-14-12-10-8-6-4-2/h5,7,11,13,17,19-20,22-23,25-26,28-29,31,35,37,48H,3-4,6,8-10,12,14-16,18,21,24,27,30,32-34,36,38-47,51H2,1-2H3,(H,54,55)/b7-5-,13-11-,19-17-,23-22-,26-25-,28-20-,31-29-,37-35-. The van der Waals surface area contributed by atoms with Gasteiger partial charge >= 0.3 is 19.8 Å². The summed E-state index contributed by atoms with van der Waals surface area (Å²) in [5, 5.41) is 0. The SMILES string of the molecule is CC/C=C\C/C=C\C/C=C\C/C=C\C/C=C\C/C=C\C/C=C\CCCC(=O)OC(COC(=O)CCCCCCC/C=C\CCCCCCCCC)COP(=O)(O)OCCN. The van der Waals surface area contributed by atoms with E-state index in [1.165, 1.54) is 51.4 Å². The summed E-state index contributed by atoms with van der Waals surface area (Å²) in [6, 6.07) is 0. The van der Waals surface area contributed by atoms with E-state index in [0.29, 0.717) is 19.3 Å². The minimum absolute atomic E-state index is 0.0379. The van der Waals surface area contributed by atoms with Crippen LogP contribution < -0.4 is 5.73 Å². The van der Waals surface area contributed by atoms with Gasteiger partial charge in [-0.15, -0.1) is 0 Å². The summed E-state index contributed by atoms with van der Waals surface area (Å²) in [4.78, 5) is 34.9. The maximum absolute atomic E-state index is 12.6. The Bertz CT molecular complexity index is 1300. The first kappa shape index (κ1) is 56.9. The molecule has 0 amide bonds. The molecule has 0 rings (SSSR count). The zero-order chi connectivity index (χ0) is 43.9. The van der Waals surface area contributed by atoms with Crippen molar-refractivity contribution in [3.05, 3.63) is 97.2 Å². The maximum Gasteiger partial charge on any atom is 0.472 e. The maximum atomic E-state index is 12.6. The molecule has 2 atom stereocenters. The molecule has 10 heteroatoms. The molecular formula is C50H84NO8P. The molecule has 0 aliphatic rings. The fraction of sp³-hybridized carbons (Fsp3) is 0.640. The summed E-state index contributed by atoms with van der Waals surface area (Å²) in [6.45, 7) is 3.52. The molecule has 0 heterocycles. The van der Waals surface area contributed by atoms with Crippen molar-refractivity contribution < 1.29 is 37.6 Å². The van der Waals surface area contributed by atoms with Crippen LogP contribution in [0.2, 0.25) is 0 Å². The molecule has 0 bridgehead atoms. The first-order chi connectivity index (χ1) is 29.3. The van der Waals surface area contributed by atoms with Gasteiger partial charge in [0.25, 0.3) is 0 Å². The van der Waals surface area contributed by atoms with Crippen LogP contribution in [-0.4, -0.2) is 49.3 Å². The Hall–Kier alpha value is -3.07. The van der Waals surface area contributed by atoms with Crippen LogP contribution in [0.4, 0.5) is 0 Å². The molecule has 0 saturated heterocycles. The highest BCUT2D eigenvalue weighted by molar-refractivity contribution is 7.47. The number of ether oxygens (including phenoxy) is 2. The zero-order valence-electron chi connectivity index (χ0n) is 37.7. The van der Waals surface area contributed by atoms with E-state index in [1.54, 1.807) is 0 Å². The number of esters is 2. The minimum Gasteiger partial charge on any atom is -0.462 e. The fourth-order valence-electron chi connectivity index (χ4n) is 5.79. The number of hydrogen-bond donors (Lipinski definition) is 2. The number of carbonyl (C=O) groups excluding carboxylic acids is 2. The highest BCUT2D eigenvalue weighted by atomic mass is 31.2. The zero-order valence-corrected chi connectivity index (χ0v) is 38.5. The van der Waals surface area contributed by atoms with Gasteiger partial charge in [-0.1, -0.05) is 169 Å². The van der Waals surface area contributed by atoms with Gasteiger partial charge < -0.3 is 20.1 Å². The molecule has 342 valence electrons. The van der Waals surface area contributed by atoms with Crippen molar-refractivity contribution in [3.63, 3.8) is 0 Å². The van der Waals surface area contributed by atoms with E-state index in [-0.39, 0.29) is 32.6 Å². The normalized spacial score (nSPS) is 14.1. The van der Waals surface area contributed by atoms with Crippen molar-refractivity contribution in [2.75, 3.05) is 26.4 Å². The van der Waals surface area contributed by atoms with Gasteiger partial charge in [0.2, 0.25) is 0 Å². The van der Waals surface area contributed by atoms with Gasteiger partial charge in [0.05, 0.1) is 13.2 Å². The average molecular weight is 858 g/mol. The molecule has 9 nitrogen and oxygen atoms in total. The van der Waals surface area contributed by atoms with Crippen LogP contribution in [0, 0.1) is 0 Å². The van der Waals surface area contributed by atoms with Gasteiger partial charge in [-0.25, -0.2) is 4.57 Å². The molecule has 0 aliphatic carbocycles. The second kappa shape index (κ2) is 45.5. The second-order valence-electron chi connectivity index (χ2n) is 14.9. The van der Waals surface area contributed by atoms with Crippen molar-refractivity contribution in [2.45, 2.75) is 180 Å². The Morgan fingerprint density at radius 3 is 1.43 bits per heavy atom. The van der Waals surface area contributed by atoms with E-state index < -0.39 is 32.5 Å². The topological polar surface area (TPSA) is 134 Å². The highest BCUT2D eigenvalue weighted by Crippen LogP contribution is 2.43. The van der Waals surface area contributed by atoms with Crippen LogP contribution in [-0.2, 0) is 32.7 Å². The lowest BCUT2D eigenvalue weighted by Crippen LogP contribution is -2.29. The van der Waals surface area contributed by atoms with Crippen LogP contribution in [0.3, 0.4) is 0 Å². The Kier molecular flexibility index (Phi) is 43.1. The van der Waals surface area contributed by atoms with E-state index >= 15 is 0 Å². The summed E-state index contributed by atoms with van der Waals surface area (Å²) in [7, 11) is -4.40. The lowest BCUT2D eigenvalue weighted by molar-refractivity contribution is -0.161. The third-order valence-corrected chi connectivity index (χ3v) is 10.2. The molecule has 0 fully saturated rings. The van der Waals surface area contributed by atoms with E-state index in [0.717, 1.165) is 77.0 Å². The van der Waals surface area contributed by atoms with E-state index in [1.807, 2.05) is 6.08 Å². The molecule has 0 aromatic heterocycles. The first-order valence-electron chi connectivity index (χ1n) is 23.2. The van der Waals surface area contributed by atoms with E-state index in [4.69, 9.17) is 24.3 Å². The fourth-order valence-corrected chi connectivity index (χ4v) is 6.56. The van der Waals surface area contributed by atoms with Crippen molar-refractivity contribution in [3.8, 4) is 0 Å². The predicted molar refractivity (Wildman–Crippen MR) is 252 cm³/mol. The van der Waals surface area contributed by atoms with Crippen molar-refractivity contribution in [2.24, 2.45) is 5.73 Å². The summed E-state index contributed by atoms with van der Waals surface area (Å²) in [5.74, 6) is -0.916. The largest absolute Gasteiger partial charge is 0.472 e. The number of phosphoric acid groups is 1. The molecule has 0 spiro atoms. The third kappa shape index (κ3) is 44.5. The second-order valence-corrected chi connectivity index (χ2v) is 16.3. The molecule has 0 saturated carbocycles. The molecular weight excluding hydrogens is 774 g/mol. The quantitative estimate of drug-likeness (QED) is 0.0266. The van der Waals surface area contributed by atoms with Gasteiger partial charge in [0.15, 0.2) is 6.10 Å². The Morgan fingerprint density at radius 1 is 0.517 bits per heavy atom. The minimum atomic E-state index is -4.40. The smallest absolute Gasteiger partial charge is 0.462 e. The number of allylic oxidation sites excluding steroid dienone is 16. The van der Waals surface area contributed by atoms with Crippen molar-refractivity contribution in [1.29, 1.82) is 0 Å². The number of rotatable bonds is 42. The summed E-state index contributed by atoms with van der Waals surface area (Å²) in [6.07, 6.45) is 58.7. The van der Waals surface area contributed by atoms with Crippen molar-refractivity contribution >= 4 is 19.8 Å². The first-order valence-corrected chi connectivity index (χ1v) is 24.7. The monoisotopic (exact) mass is 858 g/mol. The van der Waals surface area contributed by atoms with Crippen LogP contribution in [0.1, 0.15) is 174 Å². The molecule has 0 aliphatic heterocycles. The third-order valence-electron chi connectivity index (χ3n) is 9.20. The van der Waals surface area contributed by atoms with Crippen LogP contribution in [0.5, 0.6) is 0 Å². The van der Waals surface area contributed by atoms with Gasteiger partial charge in [-0.3, -0.25) is 18.6 Å². The number of phosphoric ester groups is 1. The molecule has 3 N–H and O–H groups in total. The average Bonchev–Trinajstić information content (AvgIpc) is 3.24. The van der Waals surface area contributed by atoms with E-state index in [2.05, 4.69) is 105 Å². The van der Waals surface area contributed by atoms with Crippen LogP contribution >= 0.6 is 7.82 Å². The molecule has 0 aromatic carbocycles. The number of hydrogen-bond acceptors (Lipinski definition) is 8. The van der Waals surface area contributed by atoms with Gasteiger partial charge in [0.1, 0.15) is 6.61 Å². The highest BCUT2D eigenvalue weighted by Gasteiger charge is 2.25. The van der Waals surface area contributed by atoms with Crippen LogP contribution in [0.25, 0.3) is 0 Å². The molecule has 60 heavy (non-hydrogen) atoms. The Labute approximate surface area is 366 Å². The molecule has 2 unspecified atom stereocenters. The van der Waals surface area contributed by atoms with Crippen LogP contribution in [0.15, 0.2) is 97.2 Å². The predicted octanol–water partition coefficient (Wildman–Crippen LogP) is 13.8. The summed E-state index contributed by atoms with van der Waals surface area (Å²) >= 11 is 0.